The Hall–Kier alpha value is -3.98. The number of amides is 1. The average Bonchev–Trinajstić information content (AvgIpc) is 3.53. The van der Waals surface area contributed by atoms with Crippen LogP contribution in [-0.4, -0.2) is 87.9 Å². The summed E-state index contributed by atoms with van der Waals surface area (Å²) in [6.45, 7) is 13.0. The molecule has 3 saturated heterocycles. The number of aryl methyl sites for hydroxylation is 2. The number of hydrogen-bond donors (Lipinski definition) is 0. The summed E-state index contributed by atoms with van der Waals surface area (Å²) >= 11 is 0. The first kappa shape index (κ1) is 29.7. The largest absolute Gasteiger partial charge is 0.462 e. The highest BCUT2D eigenvalue weighted by molar-refractivity contribution is 6.01. The summed E-state index contributed by atoms with van der Waals surface area (Å²) in [7, 11) is 2.15. The number of ether oxygens (including phenoxy) is 2. The average molecular weight is 609 g/mol. The van der Waals surface area contributed by atoms with Crippen molar-refractivity contribution >= 4 is 33.6 Å². The van der Waals surface area contributed by atoms with Gasteiger partial charge in [0, 0.05) is 36.5 Å². The molecule has 1 amide bonds. The molecule has 0 radical (unpaired) electrons. The number of hydrogen-bond acceptors (Lipinski definition) is 8. The fraction of sp³-hybridized carbons (Fsp3) is 0.500. The number of carbonyl (C=O) groups excluding carboxylic acids is 1. The number of pyridine rings is 1. The normalized spacial score (nSPS) is 22.0. The van der Waals surface area contributed by atoms with Gasteiger partial charge in [0.25, 0.3) is 0 Å². The highest BCUT2D eigenvalue weighted by atomic mass is 16.6. The molecule has 2 bridgehead atoms. The maximum atomic E-state index is 13.2. The molecule has 0 spiro atoms. The maximum absolute atomic E-state index is 13.2. The Labute approximate surface area is 265 Å². The molecular formula is C36H44N6O3. The first-order chi connectivity index (χ1) is 21.6. The SMILES string of the molecule is Cc1cc(-c2ncc3c(N4CC5CCC(C4)N5C(=O)OC(C)(C)C)nc(OC[C@@H]4CCCN4C)nc3c2C)c2ccccc2c1. The highest BCUT2D eigenvalue weighted by Gasteiger charge is 2.45. The molecule has 236 valence electrons. The molecule has 5 heterocycles. The van der Waals surface area contributed by atoms with Crippen molar-refractivity contribution in [2.24, 2.45) is 0 Å². The van der Waals surface area contributed by atoms with Crippen LogP contribution in [0.4, 0.5) is 10.6 Å². The number of fused-ring (bicyclic) bond motifs is 4. The van der Waals surface area contributed by atoms with E-state index >= 15 is 0 Å². The van der Waals surface area contributed by atoms with E-state index < -0.39 is 5.60 Å². The number of carbonyl (C=O) groups is 1. The lowest BCUT2D eigenvalue weighted by Crippen LogP contribution is -2.57. The highest BCUT2D eigenvalue weighted by Crippen LogP contribution is 2.39. The van der Waals surface area contributed by atoms with Crippen LogP contribution in [0.5, 0.6) is 6.01 Å². The molecule has 3 aliphatic heterocycles. The van der Waals surface area contributed by atoms with Gasteiger partial charge in [0.15, 0.2) is 0 Å². The van der Waals surface area contributed by atoms with Crippen molar-refractivity contribution in [2.45, 2.75) is 84.0 Å². The molecule has 0 N–H and O–H groups in total. The van der Waals surface area contributed by atoms with E-state index in [4.69, 9.17) is 24.4 Å². The Kier molecular flexibility index (Phi) is 7.55. The third-order valence-electron chi connectivity index (χ3n) is 9.66. The van der Waals surface area contributed by atoms with Gasteiger partial charge >= 0.3 is 12.1 Å². The Morgan fingerprint density at radius 1 is 1.00 bits per heavy atom. The van der Waals surface area contributed by atoms with Crippen LogP contribution in [0.1, 0.15) is 57.6 Å². The lowest BCUT2D eigenvalue weighted by molar-refractivity contribution is 0.0122. The second kappa shape index (κ2) is 11.4. The van der Waals surface area contributed by atoms with Gasteiger partial charge in [-0.15, -0.1) is 0 Å². The quantitative estimate of drug-likeness (QED) is 0.253. The predicted molar refractivity (Wildman–Crippen MR) is 178 cm³/mol. The van der Waals surface area contributed by atoms with Crippen LogP contribution in [0.25, 0.3) is 32.9 Å². The van der Waals surface area contributed by atoms with E-state index in [9.17, 15) is 4.79 Å². The zero-order valence-electron chi connectivity index (χ0n) is 27.3. The van der Waals surface area contributed by atoms with Gasteiger partial charge in [-0.2, -0.15) is 9.97 Å². The molecule has 4 aromatic rings. The summed E-state index contributed by atoms with van der Waals surface area (Å²) in [6, 6.07) is 13.8. The second-order valence-corrected chi connectivity index (χ2v) is 14.1. The fourth-order valence-corrected chi connectivity index (χ4v) is 7.46. The smallest absolute Gasteiger partial charge is 0.410 e. The summed E-state index contributed by atoms with van der Waals surface area (Å²) < 4.78 is 12.2. The van der Waals surface area contributed by atoms with Gasteiger partial charge in [0.1, 0.15) is 18.0 Å². The van der Waals surface area contributed by atoms with Gasteiger partial charge in [-0.05, 0) is 96.3 Å². The number of likely N-dealkylation sites (tertiary alicyclic amines) is 1. The lowest BCUT2D eigenvalue weighted by Gasteiger charge is -2.42. The third kappa shape index (κ3) is 5.67. The zero-order chi connectivity index (χ0) is 31.5. The minimum atomic E-state index is -0.528. The lowest BCUT2D eigenvalue weighted by atomic mass is 9.96. The van der Waals surface area contributed by atoms with Gasteiger partial charge in [0.2, 0.25) is 0 Å². The zero-order valence-corrected chi connectivity index (χ0v) is 27.3. The van der Waals surface area contributed by atoms with Gasteiger partial charge in [-0.3, -0.25) is 9.88 Å². The van der Waals surface area contributed by atoms with Crippen LogP contribution < -0.4 is 9.64 Å². The number of rotatable bonds is 5. The van der Waals surface area contributed by atoms with Crippen LogP contribution >= 0.6 is 0 Å². The van der Waals surface area contributed by atoms with Crippen LogP contribution in [0.15, 0.2) is 42.6 Å². The van der Waals surface area contributed by atoms with E-state index in [-0.39, 0.29) is 18.2 Å². The van der Waals surface area contributed by atoms with E-state index in [0.717, 1.165) is 59.3 Å². The standard InChI is InChI=1S/C36H44N6O3/c1-22-16-24-10-7-8-12-28(24)29(17-22)31-23(2)32-30(18-37-31)33(39-34(38-32)44-21-27-11-9-15-40(27)6)41-19-25-13-14-26(20-41)42(25)35(43)45-36(3,4)5/h7-8,10,12,16-18,25-27H,9,11,13-15,19-21H2,1-6H3/t25?,26?,27-/m0/s1. The molecule has 3 fully saturated rings. The van der Waals surface area contributed by atoms with E-state index in [1.807, 2.05) is 31.9 Å². The Morgan fingerprint density at radius 3 is 2.47 bits per heavy atom. The number of piperazine rings is 1. The minimum absolute atomic E-state index is 0.0621. The molecule has 3 aliphatic rings. The summed E-state index contributed by atoms with van der Waals surface area (Å²) in [5, 5.41) is 3.27. The summed E-state index contributed by atoms with van der Waals surface area (Å²) in [6.07, 6.45) is 5.89. The number of likely N-dealkylation sites (N-methyl/N-ethyl adjacent to an activating group) is 1. The molecule has 0 aliphatic carbocycles. The molecule has 7 rings (SSSR count). The van der Waals surface area contributed by atoms with Crippen molar-refractivity contribution in [2.75, 3.05) is 38.2 Å². The number of benzene rings is 2. The first-order valence-electron chi connectivity index (χ1n) is 16.3. The first-order valence-corrected chi connectivity index (χ1v) is 16.3. The Bertz CT molecular complexity index is 1750. The number of aromatic nitrogens is 3. The fourth-order valence-electron chi connectivity index (χ4n) is 7.46. The molecule has 2 aromatic heterocycles. The Morgan fingerprint density at radius 2 is 1.76 bits per heavy atom. The van der Waals surface area contributed by atoms with Crippen molar-refractivity contribution in [3.05, 3.63) is 53.7 Å². The minimum Gasteiger partial charge on any atom is -0.462 e. The monoisotopic (exact) mass is 608 g/mol. The van der Waals surface area contributed by atoms with Gasteiger partial charge in [0.05, 0.1) is 28.7 Å². The van der Waals surface area contributed by atoms with Crippen molar-refractivity contribution in [3.63, 3.8) is 0 Å². The van der Waals surface area contributed by atoms with E-state index in [1.165, 1.54) is 22.8 Å². The maximum Gasteiger partial charge on any atom is 0.410 e. The van der Waals surface area contributed by atoms with E-state index in [0.29, 0.717) is 31.7 Å². The molecule has 9 nitrogen and oxygen atoms in total. The van der Waals surface area contributed by atoms with Gasteiger partial charge < -0.3 is 19.3 Å². The van der Waals surface area contributed by atoms with E-state index in [2.05, 4.69) is 67.1 Å². The molecule has 2 aromatic carbocycles. The van der Waals surface area contributed by atoms with Crippen molar-refractivity contribution in [1.82, 2.24) is 24.8 Å². The molecule has 0 saturated carbocycles. The van der Waals surface area contributed by atoms with Gasteiger partial charge in [-0.1, -0.05) is 30.3 Å². The van der Waals surface area contributed by atoms with Crippen LogP contribution in [0.2, 0.25) is 0 Å². The van der Waals surface area contributed by atoms with Crippen LogP contribution in [0.3, 0.4) is 0 Å². The molecular weight excluding hydrogens is 564 g/mol. The molecule has 2 unspecified atom stereocenters. The third-order valence-corrected chi connectivity index (χ3v) is 9.66. The summed E-state index contributed by atoms with van der Waals surface area (Å²) in [5.74, 6) is 0.826. The van der Waals surface area contributed by atoms with Crippen molar-refractivity contribution < 1.29 is 14.3 Å². The Balaban J connectivity index is 1.29. The van der Waals surface area contributed by atoms with Crippen LogP contribution in [-0.2, 0) is 4.74 Å². The number of nitrogens with zero attached hydrogens (tertiary/aromatic N) is 6. The van der Waals surface area contributed by atoms with Crippen molar-refractivity contribution in [3.8, 4) is 17.3 Å². The molecule has 45 heavy (non-hydrogen) atoms. The molecule has 3 atom stereocenters. The van der Waals surface area contributed by atoms with Crippen molar-refractivity contribution in [1.29, 1.82) is 0 Å². The predicted octanol–water partition coefficient (Wildman–Crippen LogP) is 6.52. The van der Waals surface area contributed by atoms with Gasteiger partial charge in [-0.25, -0.2) is 4.79 Å². The van der Waals surface area contributed by atoms with E-state index in [1.54, 1.807) is 0 Å². The van der Waals surface area contributed by atoms with Crippen LogP contribution in [0, 0.1) is 13.8 Å². The molecule has 9 heteroatoms. The topological polar surface area (TPSA) is 83.9 Å². The number of anilines is 1. The second-order valence-electron chi connectivity index (χ2n) is 14.1. The summed E-state index contributed by atoms with van der Waals surface area (Å²) in [5.41, 5.74) is 4.54. The summed E-state index contributed by atoms with van der Waals surface area (Å²) in [4.78, 5) is 35.0.